The smallest absolute Gasteiger partial charge is 0.261 e. The zero-order chi connectivity index (χ0) is 24.7. The molecule has 0 saturated heterocycles. The molecule has 0 aliphatic heterocycles. The molecule has 2 heterocycles. The van der Waals surface area contributed by atoms with E-state index in [0.29, 0.717) is 22.2 Å². The van der Waals surface area contributed by atoms with E-state index in [0.717, 1.165) is 25.7 Å². The summed E-state index contributed by atoms with van der Waals surface area (Å²) in [6, 6.07) is 10.5. The second kappa shape index (κ2) is 9.14. The van der Waals surface area contributed by atoms with Crippen LogP contribution in [0.25, 0.3) is 11.0 Å². The van der Waals surface area contributed by atoms with Crippen molar-refractivity contribution < 1.29 is 13.2 Å². The van der Waals surface area contributed by atoms with Gasteiger partial charge in [-0.15, -0.1) is 0 Å². The van der Waals surface area contributed by atoms with Crippen molar-refractivity contribution in [1.29, 1.82) is 0 Å². The summed E-state index contributed by atoms with van der Waals surface area (Å²) < 4.78 is 30.3. The van der Waals surface area contributed by atoms with Gasteiger partial charge >= 0.3 is 0 Å². The number of aromatic nitrogens is 3. The molecule has 1 aliphatic carbocycles. The van der Waals surface area contributed by atoms with Crippen LogP contribution in [0.1, 0.15) is 47.6 Å². The highest BCUT2D eigenvalue weighted by Crippen LogP contribution is 2.35. The monoisotopic (exact) mass is 529 g/mol. The predicted octanol–water partition coefficient (Wildman–Crippen LogP) is 5.47. The molecule has 180 valence electrons. The zero-order valence-electron chi connectivity index (χ0n) is 18.4. The number of nitrogens with zero attached hydrogens (tertiary/aromatic N) is 3. The minimum Gasteiger partial charge on any atom is -0.383 e. The van der Waals surface area contributed by atoms with Crippen molar-refractivity contribution in [2.24, 2.45) is 0 Å². The number of halogens is 2. The zero-order valence-corrected chi connectivity index (χ0v) is 20.7. The Labute approximate surface area is 212 Å². The molecular weight excluding hydrogens is 509 g/mol. The summed E-state index contributed by atoms with van der Waals surface area (Å²) in [5, 5.41) is 0.893. The van der Waals surface area contributed by atoms with E-state index in [1.54, 1.807) is 24.4 Å². The molecule has 2 aromatic carbocycles. The highest BCUT2D eigenvalue weighted by molar-refractivity contribution is 7.92. The number of benzene rings is 2. The number of hydrogen-bond donors (Lipinski definition) is 2. The third kappa shape index (κ3) is 4.59. The molecule has 0 radical (unpaired) electrons. The first-order valence-electron chi connectivity index (χ1n) is 11.0. The van der Waals surface area contributed by atoms with Gasteiger partial charge in [-0.1, -0.05) is 48.2 Å². The number of anilines is 2. The van der Waals surface area contributed by atoms with Crippen LogP contribution in [-0.4, -0.2) is 28.7 Å². The fourth-order valence-electron chi connectivity index (χ4n) is 4.52. The Morgan fingerprint density at radius 1 is 1.06 bits per heavy atom. The van der Waals surface area contributed by atoms with E-state index < -0.39 is 10.0 Å². The predicted molar refractivity (Wildman–Crippen MR) is 137 cm³/mol. The van der Waals surface area contributed by atoms with Crippen LogP contribution in [0.15, 0.2) is 59.9 Å². The standard InChI is InChI=1S/C24H21Cl2N5O3S/c25-15-9-16(26)11-19(10-15)35(33,34)30-17-5-3-4-14(8-17)22(32)20-12-31(18-6-1-2-7-18)24-21(20)23(27)28-13-29-24/h3-5,8-13,18,30H,1-2,6-7H2,(H2,27,28,29). The van der Waals surface area contributed by atoms with Crippen molar-refractivity contribution in [2.45, 2.75) is 36.6 Å². The largest absolute Gasteiger partial charge is 0.383 e. The number of carbonyl (C=O) groups excluding carboxylic acids is 1. The van der Waals surface area contributed by atoms with E-state index in [-0.39, 0.29) is 38.3 Å². The fraction of sp³-hybridized carbons (Fsp3) is 0.208. The van der Waals surface area contributed by atoms with Crippen molar-refractivity contribution in [2.75, 3.05) is 10.5 Å². The maximum Gasteiger partial charge on any atom is 0.261 e. The summed E-state index contributed by atoms with van der Waals surface area (Å²) in [7, 11) is -3.99. The van der Waals surface area contributed by atoms with Gasteiger partial charge in [0, 0.05) is 33.5 Å². The summed E-state index contributed by atoms with van der Waals surface area (Å²) in [5.41, 5.74) is 7.68. The Kier molecular flexibility index (Phi) is 6.16. The first-order chi connectivity index (χ1) is 16.7. The lowest BCUT2D eigenvalue weighted by atomic mass is 10.0. The van der Waals surface area contributed by atoms with Gasteiger partial charge in [0.05, 0.1) is 15.8 Å². The summed E-state index contributed by atoms with van der Waals surface area (Å²) >= 11 is 11.9. The molecule has 0 spiro atoms. The van der Waals surface area contributed by atoms with Crippen LogP contribution in [-0.2, 0) is 10.0 Å². The number of fused-ring (bicyclic) bond motifs is 1. The first-order valence-corrected chi connectivity index (χ1v) is 13.2. The van der Waals surface area contributed by atoms with Crippen LogP contribution in [0.3, 0.4) is 0 Å². The molecule has 1 aliphatic rings. The highest BCUT2D eigenvalue weighted by Gasteiger charge is 2.26. The highest BCUT2D eigenvalue weighted by atomic mass is 35.5. The van der Waals surface area contributed by atoms with Crippen LogP contribution in [0.2, 0.25) is 10.0 Å². The molecule has 4 aromatic rings. The van der Waals surface area contributed by atoms with Gasteiger partial charge in [-0.2, -0.15) is 0 Å². The Balaban J connectivity index is 1.51. The number of nitrogen functional groups attached to an aromatic ring is 1. The van der Waals surface area contributed by atoms with E-state index in [1.807, 2.05) is 4.57 Å². The minimum atomic E-state index is -3.99. The minimum absolute atomic E-state index is 0.0868. The van der Waals surface area contributed by atoms with Crippen LogP contribution in [0.5, 0.6) is 0 Å². The van der Waals surface area contributed by atoms with Crippen LogP contribution in [0, 0.1) is 0 Å². The SMILES string of the molecule is Nc1ncnc2c1c(C(=O)c1cccc(NS(=O)(=O)c3cc(Cl)cc(Cl)c3)c1)cn2C1CCCC1. The maximum absolute atomic E-state index is 13.6. The van der Waals surface area contributed by atoms with Crippen molar-refractivity contribution in [3.63, 3.8) is 0 Å². The van der Waals surface area contributed by atoms with Gasteiger partial charge in [0.25, 0.3) is 10.0 Å². The van der Waals surface area contributed by atoms with Gasteiger partial charge in [-0.3, -0.25) is 9.52 Å². The fourth-order valence-corrected chi connectivity index (χ4v) is 6.29. The average Bonchev–Trinajstić information content (AvgIpc) is 3.46. The van der Waals surface area contributed by atoms with Crippen LogP contribution >= 0.6 is 23.2 Å². The third-order valence-corrected chi connectivity index (χ3v) is 7.92. The van der Waals surface area contributed by atoms with Crippen LogP contribution in [0.4, 0.5) is 11.5 Å². The molecule has 5 rings (SSSR count). The number of sulfonamides is 1. The van der Waals surface area contributed by atoms with Gasteiger partial charge in [0.1, 0.15) is 17.8 Å². The van der Waals surface area contributed by atoms with Gasteiger partial charge in [-0.25, -0.2) is 18.4 Å². The lowest BCUT2D eigenvalue weighted by Crippen LogP contribution is -2.13. The van der Waals surface area contributed by atoms with E-state index in [1.165, 1.54) is 30.6 Å². The van der Waals surface area contributed by atoms with Crippen molar-refractivity contribution in [1.82, 2.24) is 14.5 Å². The molecule has 11 heteroatoms. The number of carbonyl (C=O) groups is 1. The number of ketones is 1. The van der Waals surface area contributed by atoms with Crippen molar-refractivity contribution >= 4 is 61.5 Å². The van der Waals surface area contributed by atoms with Crippen LogP contribution < -0.4 is 10.5 Å². The number of hydrogen-bond acceptors (Lipinski definition) is 6. The first kappa shape index (κ1) is 23.6. The molecule has 0 amide bonds. The van der Waals surface area contributed by atoms with Gasteiger partial charge in [0.2, 0.25) is 0 Å². The maximum atomic E-state index is 13.6. The van der Waals surface area contributed by atoms with E-state index in [2.05, 4.69) is 14.7 Å². The van der Waals surface area contributed by atoms with E-state index in [9.17, 15) is 13.2 Å². The Morgan fingerprint density at radius 2 is 1.77 bits per heavy atom. The Morgan fingerprint density at radius 3 is 2.49 bits per heavy atom. The van der Waals surface area contributed by atoms with Gasteiger partial charge in [-0.05, 0) is 43.2 Å². The molecule has 8 nitrogen and oxygen atoms in total. The molecule has 0 unspecified atom stereocenters. The molecule has 0 atom stereocenters. The topological polar surface area (TPSA) is 120 Å². The summed E-state index contributed by atoms with van der Waals surface area (Å²) in [4.78, 5) is 22.0. The van der Waals surface area contributed by atoms with Gasteiger partial charge in [0.15, 0.2) is 5.78 Å². The summed E-state index contributed by atoms with van der Waals surface area (Å²) in [5.74, 6) is -0.0788. The quantitative estimate of drug-likeness (QED) is 0.319. The molecule has 35 heavy (non-hydrogen) atoms. The number of nitrogens with one attached hydrogen (secondary N) is 1. The summed E-state index contributed by atoms with van der Waals surface area (Å²) in [6.45, 7) is 0. The van der Waals surface area contributed by atoms with Crippen molar-refractivity contribution in [3.8, 4) is 0 Å². The van der Waals surface area contributed by atoms with E-state index in [4.69, 9.17) is 28.9 Å². The summed E-state index contributed by atoms with van der Waals surface area (Å²) in [6.07, 6.45) is 7.44. The normalized spacial score (nSPS) is 14.5. The second-order valence-electron chi connectivity index (χ2n) is 8.47. The molecule has 3 N–H and O–H groups in total. The molecular formula is C24H21Cl2N5O3S. The number of nitrogens with two attached hydrogens (primary N) is 1. The average molecular weight is 530 g/mol. The van der Waals surface area contributed by atoms with Crippen molar-refractivity contribution in [3.05, 3.63) is 76.2 Å². The second-order valence-corrected chi connectivity index (χ2v) is 11.0. The molecule has 2 aromatic heterocycles. The Bertz CT molecular complexity index is 1540. The van der Waals surface area contributed by atoms with Gasteiger partial charge < -0.3 is 10.3 Å². The molecule has 0 bridgehead atoms. The molecule has 1 saturated carbocycles. The Hall–Kier alpha value is -3.14. The lowest BCUT2D eigenvalue weighted by molar-refractivity contribution is 0.104. The van der Waals surface area contributed by atoms with E-state index >= 15 is 0 Å². The third-order valence-electron chi connectivity index (χ3n) is 6.12. The lowest BCUT2D eigenvalue weighted by Gasteiger charge is -2.12. The molecule has 1 fully saturated rings. The number of rotatable bonds is 6.